The van der Waals surface area contributed by atoms with E-state index in [9.17, 15) is 0 Å². The molecule has 2 nitrogen and oxygen atoms in total. The lowest BCUT2D eigenvalue weighted by atomic mass is 10.3. The molecular weight excluding hydrogens is 324 g/mol. The Hall–Kier alpha value is -0.560. The predicted octanol–water partition coefficient (Wildman–Crippen LogP) is 5.87. The van der Waals surface area contributed by atoms with Crippen molar-refractivity contribution in [3.63, 3.8) is 0 Å². The van der Waals surface area contributed by atoms with Crippen LogP contribution in [0.5, 0.6) is 0 Å². The van der Waals surface area contributed by atoms with Crippen LogP contribution < -0.4 is 9.44 Å². The Morgan fingerprint density at radius 3 is 1.25 bits per heavy atom. The number of nitrogens with one attached hydrogen (secondary N) is 2. The van der Waals surface area contributed by atoms with Gasteiger partial charge in [0.1, 0.15) is 0 Å². The molecule has 0 bridgehead atoms. The van der Waals surface area contributed by atoms with Crippen molar-refractivity contribution >= 4 is 56.9 Å². The predicted molar refractivity (Wildman–Crippen MR) is 98.9 cm³/mol. The average Bonchev–Trinajstić information content (AvgIpc) is 2.49. The van der Waals surface area contributed by atoms with Crippen LogP contribution in [-0.2, 0) is 0 Å². The summed E-state index contributed by atoms with van der Waals surface area (Å²) in [5, 5.41) is 0. The number of hydrogen-bond donors (Lipinski definition) is 2. The van der Waals surface area contributed by atoms with Crippen LogP contribution in [0, 0.1) is 0 Å². The van der Waals surface area contributed by atoms with Crippen molar-refractivity contribution in [3.05, 3.63) is 48.5 Å². The topological polar surface area (TPSA) is 24.1 Å². The zero-order valence-corrected chi connectivity index (χ0v) is 14.5. The molecule has 0 radical (unpaired) electrons. The molecule has 0 heterocycles. The second-order valence-corrected chi connectivity index (χ2v) is 7.33. The molecule has 0 aliphatic heterocycles. The molecule has 0 unspecified atom stereocenters. The first-order valence-electron chi connectivity index (χ1n) is 5.94. The summed E-state index contributed by atoms with van der Waals surface area (Å²) in [4.78, 5) is 2.51. The molecule has 0 aromatic heterocycles. The fourth-order valence-corrected chi connectivity index (χ4v) is 4.16. The van der Waals surface area contributed by atoms with Gasteiger partial charge in [0.05, 0.1) is 0 Å². The fourth-order valence-electron chi connectivity index (χ4n) is 1.49. The molecule has 106 valence electrons. The average molecular weight is 341 g/mol. The largest absolute Gasteiger partial charge is 0.330 e. The molecule has 0 saturated heterocycles. The Morgan fingerprint density at radius 1 is 0.600 bits per heavy atom. The van der Waals surface area contributed by atoms with Crippen molar-refractivity contribution in [1.29, 1.82) is 0 Å². The monoisotopic (exact) mass is 340 g/mol. The zero-order chi connectivity index (χ0) is 14.2. The van der Waals surface area contributed by atoms with Crippen LogP contribution in [0.4, 0.5) is 11.4 Å². The van der Waals surface area contributed by atoms with Crippen LogP contribution >= 0.6 is 45.5 Å². The molecule has 20 heavy (non-hydrogen) atoms. The quantitative estimate of drug-likeness (QED) is 0.483. The van der Waals surface area contributed by atoms with E-state index in [1.54, 1.807) is 45.5 Å². The highest BCUT2D eigenvalue weighted by Gasteiger charge is 1.99. The van der Waals surface area contributed by atoms with Crippen molar-refractivity contribution in [2.45, 2.75) is 9.79 Å². The van der Waals surface area contributed by atoms with E-state index in [-0.39, 0.29) is 0 Å². The third-order valence-corrected chi connectivity index (χ3v) is 5.68. The van der Waals surface area contributed by atoms with Gasteiger partial charge < -0.3 is 9.44 Å². The highest BCUT2D eigenvalue weighted by Crippen LogP contribution is 2.38. The third kappa shape index (κ3) is 5.09. The SMILES string of the molecule is CSNc1ccc(SSc2ccc(NSC)cc2)cc1. The third-order valence-electron chi connectivity index (χ3n) is 2.38. The van der Waals surface area contributed by atoms with E-state index >= 15 is 0 Å². The molecule has 0 spiro atoms. The zero-order valence-electron chi connectivity index (χ0n) is 11.3. The number of benzene rings is 2. The minimum Gasteiger partial charge on any atom is -0.330 e. The summed E-state index contributed by atoms with van der Waals surface area (Å²) >= 11 is 3.21. The highest BCUT2D eigenvalue weighted by molar-refractivity contribution is 8.76. The van der Waals surface area contributed by atoms with E-state index in [1.165, 1.54) is 9.79 Å². The van der Waals surface area contributed by atoms with Gasteiger partial charge >= 0.3 is 0 Å². The van der Waals surface area contributed by atoms with Crippen molar-refractivity contribution in [2.24, 2.45) is 0 Å². The number of rotatable bonds is 7. The van der Waals surface area contributed by atoms with Crippen LogP contribution in [0.2, 0.25) is 0 Å². The molecule has 2 rings (SSSR count). The van der Waals surface area contributed by atoms with Gasteiger partial charge in [-0.25, -0.2) is 0 Å². The van der Waals surface area contributed by atoms with E-state index in [0.29, 0.717) is 0 Å². The van der Waals surface area contributed by atoms with E-state index in [2.05, 4.69) is 58.0 Å². The maximum Gasteiger partial charge on any atom is 0.0440 e. The van der Waals surface area contributed by atoms with Gasteiger partial charge in [-0.2, -0.15) is 0 Å². The first-order chi connectivity index (χ1) is 9.81. The summed E-state index contributed by atoms with van der Waals surface area (Å²) in [6.07, 6.45) is 4.04. The molecule has 0 aliphatic rings. The lowest BCUT2D eigenvalue weighted by Gasteiger charge is -2.05. The molecular formula is C14H16N2S4. The number of anilines is 2. The van der Waals surface area contributed by atoms with Crippen molar-refractivity contribution in [3.8, 4) is 0 Å². The van der Waals surface area contributed by atoms with Gasteiger partial charge in [0.2, 0.25) is 0 Å². The van der Waals surface area contributed by atoms with Gasteiger partial charge in [-0.3, -0.25) is 0 Å². The Bertz CT molecular complexity index is 464. The van der Waals surface area contributed by atoms with Crippen molar-refractivity contribution in [2.75, 3.05) is 22.0 Å². The Balaban J connectivity index is 1.87. The summed E-state index contributed by atoms with van der Waals surface area (Å²) in [5.41, 5.74) is 2.28. The molecule has 2 aromatic rings. The summed E-state index contributed by atoms with van der Waals surface area (Å²) in [5.74, 6) is 0. The second-order valence-electron chi connectivity index (χ2n) is 3.83. The smallest absolute Gasteiger partial charge is 0.0440 e. The van der Waals surface area contributed by atoms with Crippen LogP contribution in [0.1, 0.15) is 0 Å². The van der Waals surface area contributed by atoms with E-state index in [4.69, 9.17) is 0 Å². The maximum absolute atomic E-state index is 3.22. The highest BCUT2D eigenvalue weighted by atomic mass is 33.1. The first kappa shape index (κ1) is 15.8. The Labute approximate surface area is 136 Å². The van der Waals surface area contributed by atoms with Crippen LogP contribution in [0.3, 0.4) is 0 Å². The van der Waals surface area contributed by atoms with Crippen molar-refractivity contribution < 1.29 is 0 Å². The summed E-state index contributed by atoms with van der Waals surface area (Å²) < 4.78 is 6.44. The van der Waals surface area contributed by atoms with Crippen molar-refractivity contribution in [1.82, 2.24) is 0 Å². The minimum absolute atomic E-state index is 1.14. The summed E-state index contributed by atoms with van der Waals surface area (Å²) in [6.45, 7) is 0. The minimum atomic E-state index is 1.14. The van der Waals surface area contributed by atoms with Crippen LogP contribution in [-0.4, -0.2) is 12.5 Å². The molecule has 0 fully saturated rings. The lowest BCUT2D eigenvalue weighted by molar-refractivity contribution is 1.47. The summed E-state index contributed by atoms with van der Waals surface area (Å²) in [7, 11) is 3.55. The van der Waals surface area contributed by atoms with E-state index < -0.39 is 0 Å². The summed E-state index contributed by atoms with van der Waals surface area (Å²) in [6, 6.07) is 17.0. The van der Waals surface area contributed by atoms with Crippen LogP contribution in [0.15, 0.2) is 58.3 Å². The van der Waals surface area contributed by atoms with Gasteiger partial charge in [-0.05, 0) is 48.5 Å². The molecule has 0 atom stereocenters. The maximum atomic E-state index is 3.22. The Morgan fingerprint density at radius 2 is 0.950 bits per heavy atom. The van der Waals surface area contributed by atoms with Gasteiger partial charge in [-0.1, -0.05) is 45.5 Å². The van der Waals surface area contributed by atoms with Gasteiger partial charge in [0, 0.05) is 33.7 Å². The van der Waals surface area contributed by atoms with E-state index in [0.717, 1.165) is 11.4 Å². The molecule has 6 heteroatoms. The number of hydrogen-bond acceptors (Lipinski definition) is 6. The molecule has 0 saturated carbocycles. The fraction of sp³-hybridized carbons (Fsp3) is 0.143. The van der Waals surface area contributed by atoms with Gasteiger partial charge in [-0.15, -0.1) is 0 Å². The lowest BCUT2D eigenvalue weighted by Crippen LogP contribution is -1.83. The van der Waals surface area contributed by atoms with Gasteiger partial charge in [0.25, 0.3) is 0 Å². The van der Waals surface area contributed by atoms with Gasteiger partial charge in [0.15, 0.2) is 0 Å². The standard InChI is InChI=1S/C14H16N2S4/c1-17-15-11-3-7-13(8-4-11)19-20-14-9-5-12(6-10-14)16-18-2/h3-10,15-16H,1-2H3. The normalized spacial score (nSPS) is 10.3. The van der Waals surface area contributed by atoms with E-state index in [1.807, 2.05) is 12.5 Å². The molecule has 0 amide bonds. The second kappa shape index (κ2) is 8.67. The Kier molecular flexibility index (Phi) is 6.86. The molecule has 2 aromatic carbocycles. The first-order valence-corrected chi connectivity index (χ1v) is 10.5. The molecule has 0 aliphatic carbocycles. The van der Waals surface area contributed by atoms with Crippen LogP contribution in [0.25, 0.3) is 0 Å². The molecule has 2 N–H and O–H groups in total.